The van der Waals surface area contributed by atoms with Gasteiger partial charge in [-0.25, -0.2) is 4.79 Å². The molecule has 1 fully saturated rings. The first-order valence-electron chi connectivity index (χ1n) is 9.83. The van der Waals surface area contributed by atoms with Crippen LogP contribution in [0.3, 0.4) is 0 Å². The van der Waals surface area contributed by atoms with Crippen LogP contribution < -0.4 is 0 Å². The van der Waals surface area contributed by atoms with Gasteiger partial charge in [0.1, 0.15) is 11.4 Å². The van der Waals surface area contributed by atoms with E-state index in [1.807, 2.05) is 20.8 Å². The Morgan fingerprint density at radius 3 is 2.50 bits per heavy atom. The number of ether oxygens (including phenoxy) is 1. The van der Waals surface area contributed by atoms with Gasteiger partial charge in [0.2, 0.25) is 0 Å². The van der Waals surface area contributed by atoms with E-state index in [2.05, 4.69) is 5.10 Å². The molecule has 1 aromatic carbocycles. The zero-order chi connectivity index (χ0) is 22.1. The van der Waals surface area contributed by atoms with Gasteiger partial charge in [-0.05, 0) is 57.7 Å². The minimum atomic E-state index is -4.49. The number of carbonyl (C=O) groups excluding carboxylic acids is 1. The van der Waals surface area contributed by atoms with Crippen LogP contribution in [0.1, 0.15) is 39.2 Å². The molecule has 1 saturated heterocycles. The lowest BCUT2D eigenvalue weighted by Gasteiger charge is -2.33. The fourth-order valence-electron chi connectivity index (χ4n) is 3.44. The number of piperidine rings is 1. The summed E-state index contributed by atoms with van der Waals surface area (Å²) in [6, 6.07) is 2.82. The minimum Gasteiger partial charge on any atom is -0.507 e. The number of carbonyl (C=O) groups is 1. The average Bonchev–Trinajstić information content (AvgIpc) is 3.08. The van der Waals surface area contributed by atoms with E-state index in [0.29, 0.717) is 25.2 Å². The SMILES string of the molecule is CC(C)(C)OC(=O)N1CCC(Cn2cc(-c3cc(C(F)(F)F)ccc3O)cn2)CC1. The molecule has 164 valence electrons. The summed E-state index contributed by atoms with van der Waals surface area (Å²) in [7, 11) is 0. The van der Waals surface area contributed by atoms with E-state index in [1.165, 1.54) is 6.20 Å². The number of benzene rings is 1. The van der Waals surface area contributed by atoms with Crippen molar-refractivity contribution in [3.8, 4) is 16.9 Å². The molecule has 0 unspecified atom stereocenters. The van der Waals surface area contributed by atoms with E-state index in [0.717, 1.165) is 31.0 Å². The summed E-state index contributed by atoms with van der Waals surface area (Å²) >= 11 is 0. The lowest BCUT2D eigenvalue weighted by molar-refractivity contribution is -0.137. The van der Waals surface area contributed by atoms with Crippen LogP contribution >= 0.6 is 0 Å². The number of phenolic OH excluding ortho intramolecular Hbond substituents is 1. The van der Waals surface area contributed by atoms with Gasteiger partial charge >= 0.3 is 12.3 Å². The first-order valence-corrected chi connectivity index (χ1v) is 9.83. The van der Waals surface area contributed by atoms with Crippen molar-refractivity contribution in [1.29, 1.82) is 0 Å². The van der Waals surface area contributed by atoms with Crippen LogP contribution in [0.15, 0.2) is 30.6 Å². The molecule has 1 amide bonds. The second-order valence-corrected chi connectivity index (χ2v) is 8.59. The number of aromatic hydroxyl groups is 1. The van der Waals surface area contributed by atoms with Crippen LogP contribution in [0.25, 0.3) is 11.1 Å². The predicted octanol–water partition coefficient (Wildman–Crippen LogP) is 4.92. The number of likely N-dealkylation sites (tertiary alicyclic amines) is 1. The molecule has 1 N–H and O–H groups in total. The second-order valence-electron chi connectivity index (χ2n) is 8.59. The summed E-state index contributed by atoms with van der Waals surface area (Å²) < 4.78 is 46.0. The summed E-state index contributed by atoms with van der Waals surface area (Å²) in [6.45, 7) is 7.24. The lowest BCUT2D eigenvalue weighted by atomic mass is 9.97. The van der Waals surface area contributed by atoms with Gasteiger partial charge in [-0.3, -0.25) is 4.68 Å². The highest BCUT2D eigenvalue weighted by atomic mass is 19.4. The van der Waals surface area contributed by atoms with Gasteiger partial charge in [-0.1, -0.05) is 0 Å². The molecule has 2 heterocycles. The summed E-state index contributed by atoms with van der Waals surface area (Å²) in [5.74, 6) is 0.0553. The number of phenols is 1. The maximum atomic E-state index is 13.0. The van der Waals surface area contributed by atoms with E-state index < -0.39 is 17.3 Å². The van der Waals surface area contributed by atoms with Gasteiger partial charge in [-0.15, -0.1) is 0 Å². The van der Waals surface area contributed by atoms with Crippen LogP contribution in [0.4, 0.5) is 18.0 Å². The molecule has 1 aliphatic heterocycles. The molecule has 0 bridgehead atoms. The van der Waals surface area contributed by atoms with Crippen molar-refractivity contribution in [3.05, 3.63) is 36.2 Å². The Balaban J connectivity index is 1.62. The zero-order valence-electron chi connectivity index (χ0n) is 17.2. The molecule has 9 heteroatoms. The third kappa shape index (κ3) is 5.46. The number of amides is 1. The zero-order valence-corrected chi connectivity index (χ0v) is 17.2. The lowest BCUT2D eigenvalue weighted by Crippen LogP contribution is -2.42. The highest BCUT2D eigenvalue weighted by molar-refractivity contribution is 5.70. The van der Waals surface area contributed by atoms with Crippen molar-refractivity contribution < 1.29 is 27.8 Å². The van der Waals surface area contributed by atoms with Crippen LogP contribution in [0, 0.1) is 5.92 Å². The van der Waals surface area contributed by atoms with Crippen molar-refractivity contribution in [1.82, 2.24) is 14.7 Å². The van der Waals surface area contributed by atoms with Crippen molar-refractivity contribution in [2.24, 2.45) is 5.92 Å². The van der Waals surface area contributed by atoms with E-state index in [9.17, 15) is 23.1 Å². The van der Waals surface area contributed by atoms with Gasteiger partial charge < -0.3 is 14.7 Å². The van der Waals surface area contributed by atoms with Gasteiger partial charge in [-0.2, -0.15) is 18.3 Å². The molecule has 0 spiro atoms. The summed E-state index contributed by atoms with van der Waals surface area (Å²) in [6.07, 6.45) is -0.157. The topological polar surface area (TPSA) is 67.6 Å². The maximum Gasteiger partial charge on any atom is 0.416 e. The first-order chi connectivity index (χ1) is 13.9. The van der Waals surface area contributed by atoms with E-state index in [1.54, 1.807) is 15.8 Å². The van der Waals surface area contributed by atoms with E-state index >= 15 is 0 Å². The fraction of sp³-hybridized carbons (Fsp3) is 0.524. The maximum absolute atomic E-state index is 13.0. The predicted molar refractivity (Wildman–Crippen MR) is 105 cm³/mol. The number of alkyl halides is 3. The number of nitrogens with zero attached hydrogens (tertiary/aromatic N) is 3. The number of aromatic nitrogens is 2. The molecule has 0 radical (unpaired) electrons. The Labute approximate surface area is 173 Å². The number of hydrogen-bond donors (Lipinski definition) is 1. The molecule has 2 aromatic rings. The highest BCUT2D eigenvalue weighted by Gasteiger charge is 2.31. The van der Waals surface area contributed by atoms with Gasteiger partial charge in [0.05, 0.1) is 11.8 Å². The summed E-state index contributed by atoms with van der Waals surface area (Å²) in [4.78, 5) is 13.8. The fourth-order valence-corrected chi connectivity index (χ4v) is 3.44. The molecule has 1 aromatic heterocycles. The normalized spacial score (nSPS) is 16.0. The van der Waals surface area contributed by atoms with Gasteiger partial charge in [0.25, 0.3) is 0 Å². The van der Waals surface area contributed by atoms with Crippen molar-refractivity contribution in [3.63, 3.8) is 0 Å². The summed E-state index contributed by atoms with van der Waals surface area (Å²) in [5, 5.41) is 14.2. The Hall–Kier alpha value is -2.71. The van der Waals surface area contributed by atoms with Gasteiger partial charge in [0.15, 0.2) is 0 Å². The highest BCUT2D eigenvalue weighted by Crippen LogP contribution is 2.36. The smallest absolute Gasteiger partial charge is 0.416 e. The minimum absolute atomic E-state index is 0.0934. The van der Waals surface area contributed by atoms with E-state index in [4.69, 9.17) is 4.74 Å². The summed E-state index contributed by atoms with van der Waals surface area (Å²) in [5.41, 5.74) is -0.841. The molecular formula is C21H26F3N3O3. The van der Waals surface area contributed by atoms with Crippen LogP contribution in [-0.2, 0) is 17.5 Å². The number of hydrogen-bond acceptors (Lipinski definition) is 4. The Morgan fingerprint density at radius 1 is 1.23 bits per heavy atom. The largest absolute Gasteiger partial charge is 0.507 e. The first kappa shape index (κ1) is 22.0. The molecule has 30 heavy (non-hydrogen) atoms. The molecular weight excluding hydrogens is 399 g/mol. The van der Waals surface area contributed by atoms with Crippen molar-refractivity contribution in [2.75, 3.05) is 13.1 Å². The molecule has 6 nitrogen and oxygen atoms in total. The molecule has 1 aliphatic rings. The standard InChI is InChI=1S/C21H26F3N3O3/c1-20(2,3)30-19(29)26-8-6-14(7-9-26)12-27-13-15(11-25-27)17-10-16(21(22,23)24)4-5-18(17)28/h4-5,10-11,13-14,28H,6-9,12H2,1-3H3. The third-order valence-electron chi connectivity index (χ3n) is 4.98. The number of halogens is 3. The second kappa shape index (κ2) is 8.20. The number of rotatable bonds is 3. The molecule has 0 aliphatic carbocycles. The van der Waals surface area contributed by atoms with E-state index in [-0.39, 0.29) is 23.3 Å². The third-order valence-corrected chi connectivity index (χ3v) is 4.98. The quantitative estimate of drug-likeness (QED) is 0.758. The molecule has 0 saturated carbocycles. The molecule has 3 rings (SSSR count). The Morgan fingerprint density at radius 2 is 1.90 bits per heavy atom. The van der Waals surface area contributed by atoms with Crippen LogP contribution in [-0.4, -0.2) is 44.6 Å². The Kier molecular flexibility index (Phi) is 6.01. The average molecular weight is 425 g/mol. The van der Waals surface area contributed by atoms with Crippen molar-refractivity contribution in [2.45, 2.75) is 51.9 Å². The van der Waals surface area contributed by atoms with Gasteiger partial charge in [0, 0.05) is 37.0 Å². The Bertz CT molecular complexity index is 895. The van der Waals surface area contributed by atoms with Crippen LogP contribution in [0.5, 0.6) is 5.75 Å². The van der Waals surface area contributed by atoms with Crippen LogP contribution in [0.2, 0.25) is 0 Å². The molecule has 0 atom stereocenters. The van der Waals surface area contributed by atoms with Crippen molar-refractivity contribution >= 4 is 6.09 Å². The monoisotopic (exact) mass is 425 g/mol.